The normalized spacial score (nSPS) is 35.3. The van der Waals surface area contributed by atoms with Crippen molar-refractivity contribution in [2.75, 3.05) is 19.6 Å². The Hall–Kier alpha value is -0.0800. The van der Waals surface area contributed by atoms with Gasteiger partial charge in [-0.1, -0.05) is 19.8 Å². The first kappa shape index (κ1) is 13.4. The zero-order chi connectivity index (χ0) is 12.5. The average molecular weight is 238 g/mol. The van der Waals surface area contributed by atoms with Gasteiger partial charge in [-0.3, -0.25) is 4.90 Å². The fourth-order valence-corrected chi connectivity index (χ4v) is 3.29. The molecule has 17 heavy (non-hydrogen) atoms. The summed E-state index contributed by atoms with van der Waals surface area (Å²) in [5.41, 5.74) is 0.658. The van der Waals surface area contributed by atoms with Crippen molar-refractivity contribution in [1.82, 2.24) is 10.2 Å². The summed E-state index contributed by atoms with van der Waals surface area (Å²) in [7, 11) is 0. The summed E-state index contributed by atoms with van der Waals surface area (Å²) >= 11 is 0. The van der Waals surface area contributed by atoms with Crippen molar-refractivity contribution in [3.05, 3.63) is 0 Å². The van der Waals surface area contributed by atoms with Crippen molar-refractivity contribution in [2.45, 2.75) is 70.9 Å². The molecule has 1 N–H and O–H groups in total. The second-order valence-electron chi connectivity index (χ2n) is 7.11. The molecule has 1 heterocycles. The molecular weight excluding hydrogens is 208 g/mol. The summed E-state index contributed by atoms with van der Waals surface area (Å²) < 4.78 is 0. The van der Waals surface area contributed by atoms with Crippen molar-refractivity contribution in [3.63, 3.8) is 0 Å². The van der Waals surface area contributed by atoms with Gasteiger partial charge in [0, 0.05) is 30.7 Å². The van der Waals surface area contributed by atoms with E-state index >= 15 is 0 Å². The minimum atomic E-state index is 0.328. The van der Waals surface area contributed by atoms with E-state index < -0.39 is 0 Å². The van der Waals surface area contributed by atoms with Crippen LogP contribution >= 0.6 is 0 Å². The summed E-state index contributed by atoms with van der Waals surface area (Å²) in [6.07, 6.45) is 7.07. The van der Waals surface area contributed by atoms with Crippen LogP contribution in [-0.4, -0.2) is 35.6 Å². The number of hydrogen-bond acceptors (Lipinski definition) is 2. The van der Waals surface area contributed by atoms with Gasteiger partial charge in [-0.2, -0.15) is 0 Å². The van der Waals surface area contributed by atoms with Crippen molar-refractivity contribution in [3.8, 4) is 0 Å². The highest BCUT2D eigenvalue weighted by atomic mass is 15.3. The van der Waals surface area contributed by atoms with Crippen molar-refractivity contribution in [2.24, 2.45) is 5.92 Å². The first-order valence-corrected chi connectivity index (χ1v) is 7.45. The van der Waals surface area contributed by atoms with Gasteiger partial charge in [0.2, 0.25) is 0 Å². The predicted molar refractivity (Wildman–Crippen MR) is 74.3 cm³/mol. The second-order valence-corrected chi connectivity index (χ2v) is 7.11. The van der Waals surface area contributed by atoms with E-state index in [0.29, 0.717) is 11.1 Å². The van der Waals surface area contributed by atoms with Crippen LogP contribution in [0.5, 0.6) is 0 Å². The minimum Gasteiger partial charge on any atom is -0.308 e. The smallest absolute Gasteiger partial charge is 0.0278 e. The minimum absolute atomic E-state index is 0.328. The van der Waals surface area contributed by atoms with E-state index in [1.807, 2.05) is 0 Å². The third kappa shape index (κ3) is 3.03. The molecule has 1 unspecified atom stereocenters. The molecule has 1 saturated heterocycles. The van der Waals surface area contributed by atoms with Crippen molar-refractivity contribution in [1.29, 1.82) is 0 Å². The Kier molecular flexibility index (Phi) is 3.84. The van der Waals surface area contributed by atoms with Gasteiger partial charge in [0.25, 0.3) is 0 Å². The lowest BCUT2D eigenvalue weighted by Gasteiger charge is -2.51. The van der Waals surface area contributed by atoms with Crippen LogP contribution in [0.15, 0.2) is 0 Å². The Balaban J connectivity index is 1.99. The molecule has 0 aromatic heterocycles. The summed E-state index contributed by atoms with van der Waals surface area (Å²) in [6.45, 7) is 13.1. The Morgan fingerprint density at radius 2 is 1.82 bits per heavy atom. The molecule has 0 aromatic carbocycles. The summed E-state index contributed by atoms with van der Waals surface area (Å²) in [5, 5.41) is 3.75. The molecule has 2 fully saturated rings. The van der Waals surface area contributed by atoms with Gasteiger partial charge >= 0.3 is 0 Å². The maximum Gasteiger partial charge on any atom is 0.0278 e. The Morgan fingerprint density at radius 3 is 2.41 bits per heavy atom. The molecule has 1 aliphatic carbocycles. The quantitative estimate of drug-likeness (QED) is 0.813. The lowest BCUT2D eigenvalue weighted by molar-refractivity contribution is 0.0196. The number of piperazine rings is 1. The van der Waals surface area contributed by atoms with Crippen LogP contribution in [-0.2, 0) is 0 Å². The van der Waals surface area contributed by atoms with E-state index in [-0.39, 0.29) is 0 Å². The third-order valence-electron chi connectivity index (χ3n) is 5.08. The van der Waals surface area contributed by atoms with Crippen LogP contribution in [0.2, 0.25) is 0 Å². The van der Waals surface area contributed by atoms with Gasteiger partial charge in [-0.15, -0.1) is 0 Å². The Labute approximate surface area is 107 Å². The van der Waals surface area contributed by atoms with Gasteiger partial charge in [-0.25, -0.2) is 0 Å². The standard InChI is InChI=1S/C15H30N2/c1-5-15(4)12-17(14(2,3)11-16-15)10-13-8-6-7-9-13/h13,16H,5-12H2,1-4H3. The van der Waals surface area contributed by atoms with E-state index in [1.54, 1.807) is 0 Å². The van der Waals surface area contributed by atoms with Crippen LogP contribution in [0.25, 0.3) is 0 Å². The Bertz CT molecular complexity index is 256. The lowest BCUT2D eigenvalue weighted by Crippen LogP contribution is -2.67. The highest BCUT2D eigenvalue weighted by Gasteiger charge is 2.39. The summed E-state index contributed by atoms with van der Waals surface area (Å²) in [4.78, 5) is 2.75. The molecule has 0 spiro atoms. The number of nitrogens with one attached hydrogen (secondary N) is 1. The topological polar surface area (TPSA) is 15.3 Å². The zero-order valence-corrected chi connectivity index (χ0v) is 12.2. The van der Waals surface area contributed by atoms with Gasteiger partial charge in [0.15, 0.2) is 0 Å². The highest BCUT2D eigenvalue weighted by Crippen LogP contribution is 2.31. The second kappa shape index (κ2) is 4.89. The van der Waals surface area contributed by atoms with E-state index in [0.717, 1.165) is 12.5 Å². The van der Waals surface area contributed by atoms with Crippen molar-refractivity contribution >= 4 is 0 Å². The first-order chi connectivity index (χ1) is 7.95. The largest absolute Gasteiger partial charge is 0.308 e. The molecule has 1 atom stereocenters. The predicted octanol–water partition coefficient (Wildman–Crippen LogP) is 3.03. The third-order valence-corrected chi connectivity index (χ3v) is 5.08. The summed E-state index contributed by atoms with van der Waals surface area (Å²) in [5.74, 6) is 0.966. The maximum atomic E-state index is 3.75. The molecule has 0 amide bonds. The first-order valence-electron chi connectivity index (χ1n) is 7.45. The van der Waals surface area contributed by atoms with E-state index in [2.05, 4.69) is 37.9 Å². The molecule has 1 saturated carbocycles. The summed E-state index contributed by atoms with van der Waals surface area (Å²) in [6, 6.07) is 0. The van der Waals surface area contributed by atoms with E-state index in [1.165, 1.54) is 45.2 Å². The fourth-order valence-electron chi connectivity index (χ4n) is 3.29. The van der Waals surface area contributed by atoms with Gasteiger partial charge < -0.3 is 5.32 Å². The van der Waals surface area contributed by atoms with Gasteiger partial charge in [-0.05, 0) is 46.0 Å². The zero-order valence-electron chi connectivity index (χ0n) is 12.2. The highest BCUT2D eigenvalue weighted by molar-refractivity contribution is 4.99. The van der Waals surface area contributed by atoms with Crippen molar-refractivity contribution < 1.29 is 0 Å². The fraction of sp³-hybridized carbons (Fsp3) is 1.00. The average Bonchev–Trinajstić information content (AvgIpc) is 2.77. The van der Waals surface area contributed by atoms with E-state index in [9.17, 15) is 0 Å². The monoisotopic (exact) mass is 238 g/mol. The number of nitrogens with zero attached hydrogens (tertiary/aromatic N) is 1. The van der Waals surface area contributed by atoms with Crippen LogP contribution in [0.3, 0.4) is 0 Å². The number of hydrogen-bond donors (Lipinski definition) is 1. The van der Waals surface area contributed by atoms with Crippen LogP contribution in [0, 0.1) is 5.92 Å². The maximum absolute atomic E-state index is 3.75. The molecule has 1 aliphatic heterocycles. The molecular formula is C15H30N2. The van der Waals surface area contributed by atoms with Crippen LogP contribution in [0.1, 0.15) is 59.8 Å². The number of rotatable bonds is 3. The molecule has 100 valence electrons. The molecule has 2 aliphatic rings. The van der Waals surface area contributed by atoms with Crippen LogP contribution in [0.4, 0.5) is 0 Å². The molecule has 0 aromatic rings. The molecule has 2 heteroatoms. The Morgan fingerprint density at radius 1 is 1.18 bits per heavy atom. The molecule has 2 nitrogen and oxygen atoms in total. The van der Waals surface area contributed by atoms with Gasteiger partial charge in [0.05, 0.1) is 0 Å². The molecule has 0 bridgehead atoms. The molecule has 2 rings (SSSR count). The molecule has 0 radical (unpaired) electrons. The SMILES string of the molecule is CCC1(C)CN(CC2CCCC2)C(C)(C)CN1. The van der Waals surface area contributed by atoms with Crippen LogP contribution < -0.4 is 5.32 Å². The van der Waals surface area contributed by atoms with Gasteiger partial charge in [0.1, 0.15) is 0 Å². The lowest BCUT2D eigenvalue weighted by atomic mass is 9.87. The van der Waals surface area contributed by atoms with E-state index in [4.69, 9.17) is 0 Å².